The third-order valence-corrected chi connectivity index (χ3v) is 6.01. The summed E-state index contributed by atoms with van der Waals surface area (Å²) in [6, 6.07) is 11.5. The number of fused-ring (bicyclic) bond motifs is 1. The van der Waals surface area contributed by atoms with Gasteiger partial charge in [0, 0.05) is 23.1 Å². The van der Waals surface area contributed by atoms with Gasteiger partial charge in [-0.05, 0) is 43.5 Å². The van der Waals surface area contributed by atoms with Crippen molar-refractivity contribution in [2.45, 2.75) is 26.5 Å². The van der Waals surface area contributed by atoms with Gasteiger partial charge in [-0.1, -0.05) is 35.6 Å². The highest BCUT2D eigenvalue weighted by molar-refractivity contribution is 7.22. The van der Waals surface area contributed by atoms with E-state index in [-0.39, 0.29) is 17.7 Å². The van der Waals surface area contributed by atoms with Crippen molar-refractivity contribution in [1.29, 1.82) is 0 Å². The molecule has 144 valence electrons. The quantitative estimate of drug-likeness (QED) is 0.436. The Kier molecular flexibility index (Phi) is 4.87. The standard InChI is InChI=1S/C21H21N3O3S/c1-11-4-3-5-12(2)18(11)23-19(26)13-6-7-16-17(9-13)28-21(22-16)24-20(27)15-8-14(15)10-25/h3-7,9-10,14-15,19,23,26H,8H2,1-2H3,(H,22,24,27). The summed E-state index contributed by atoms with van der Waals surface area (Å²) in [6.07, 6.45) is 0.587. The summed E-state index contributed by atoms with van der Waals surface area (Å²) in [5, 5.41) is 17.1. The second-order valence-electron chi connectivity index (χ2n) is 7.19. The topological polar surface area (TPSA) is 91.3 Å². The molecule has 1 saturated carbocycles. The molecule has 7 heteroatoms. The number of carbonyl (C=O) groups is 2. The number of nitrogens with one attached hydrogen (secondary N) is 2. The second kappa shape index (κ2) is 7.33. The molecule has 0 aliphatic heterocycles. The number of hydrogen-bond acceptors (Lipinski definition) is 6. The lowest BCUT2D eigenvalue weighted by atomic mass is 10.1. The summed E-state index contributed by atoms with van der Waals surface area (Å²) < 4.78 is 0.873. The minimum absolute atomic E-state index is 0.159. The lowest BCUT2D eigenvalue weighted by Gasteiger charge is -2.18. The SMILES string of the molecule is Cc1cccc(C)c1NC(O)c1ccc2nc(NC(=O)C3CC3C=O)sc2c1. The van der Waals surface area contributed by atoms with Gasteiger partial charge in [-0.15, -0.1) is 0 Å². The van der Waals surface area contributed by atoms with Crippen molar-refractivity contribution < 1.29 is 14.7 Å². The molecule has 0 bridgehead atoms. The predicted octanol–water partition coefficient (Wildman–Crippen LogP) is 3.79. The van der Waals surface area contributed by atoms with Gasteiger partial charge in [0.25, 0.3) is 0 Å². The largest absolute Gasteiger partial charge is 0.369 e. The third kappa shape index (κ3) is 3.63. The van der Waals surface area contributed by atoms with E-state index < -0.39 is 6.23 Å². The number of para-hydroxylation sites is 1. The maximum Gasteiger partial charge on any atom is 0.230 e. The summed E-state index contributed by atoms with van der Waals surface area (Å²) in [6.45, 7) is 4.00. The summed E-state index contributed by atoms with van der Waals surface area (Å²) in [4.78, 5) is 27.3. The van der Waals surface area contributed by atoms with E-state index in [0.29, 0.717) is 11.6 Å². The van der Waals surface area contributed by atoms with Crippen LogP contribution in [0.5, 0.6) is 0 Å². The van der Waals surface area contributed by atoms with E-state index in [9.17, 15) is 14.7 Å². The first kappa shape index (κ1) is 18.6. The molecule has 1 aromatic heterocycles. The molecule has 4 rings (SSSR count). The number of carbonyl (C=O) groups excluding carboxylic acids is 2. The van der Waals surface area contributed by atoms with Crippen molar-refractivity contribution >= 4 is 44.6 Å². The van der Waals surface area contributed by atoms with Gasteiger partial charge in [0.15, 0.2) is 11.4 Å². The van der Waals surface area contributed by atoms with Crippen LogP contribution in [0.15, 0.2) is 36.4 Å². The molecule has 0 saturated heterocycles. The smallest absolute Gasteiger partial charge is 0.230 e. The Hall–Kier alpha value is -2.77. The van der Waals surface area contributed by atoms with Crippen molar-refractivity contribution in [2.24, 2.45) is 11.8 Å². The maximum atomic E-state index is 12.1. The highest BCUT2D eigenvalue weighted by atomic mass is 32.1. The number of thiazole rings is 1. The molecule has 2 aromatic carbocycles. The van der Waals surface area contributed by atoms with Crippen LogP contribution in [0, 0.1) is 25.7 Å². The third-order valence-electron chi connectivity index (χ3n) is 5.07. The Bertz CT molecular complexity index is 1040. The van der Waals surface area contributed by atoms with E-state index in [0.717, 1.165) is 38.9 Å². The highest BCUT2D eigenvalue weighted by Crippen LogP contribution is 2.38. The van der Waals surface area contributed by atoms with Crippen LogP contribution >= 0.6 is 11.3 Å². The fraction of sp³-hybridized carbons (Fsp3) is 0.286. The Labute approximate surface area is 166 Å². The molecule has 28 heavy (non-hydrogen) atoms. The van der Waals surface area contributed by atoms with Crippen molar-refractivity contribution in [3.05, 3.63) is 53.1 Å². The Morgan fingerprint density at radius 3 is 2.71 bits per heavy atom. The van der Waals surface area contributed by atoms with Crippen molar-refractivity contribution in [3.63, 3.8) is 0 Å². The molecule has 1 fully saturated rings. The van der Waals surface area contributed by atoms with E-state index in [1.165, 1.54) is 11.3 Å². The molecule has 1 aliphatic rings. The monoisotopic (exact) mass is 395 g/mol. The molecule has 0 spiro atoms. The van der Waals surface area contributed by atoms with Gasteiger partial charge in [0.1, 0.15) is 6.29 Å². The number of nitrogens with zero attached hydrogens (tertiary/aromatic N) is 1. The molecule has 0 radical (unpaired) electrons. The number of aryl methyl sites for hydroxylation is 2. The van der Waals surface area contributed by atoms with Crippen LogP contribution in [0.25, 0.3) is 10.2 Å². The minimum atomic E-state index is -0.857. The van der Waals surface area contributed by atoms with Gasteiger partial charge >= 0.3 is 0 Å². The van der Waals surface area contributed by atoms with Crippen LogP contribution in [-0.4, -0.2) is 22.3 Å². The van der Waals surface area contributed by atoms with Gasteiger partial charge in [-0.25, -0.2) is 4.98 Å². The zero-order valence-electron chi connectivity index (χ0n) is 15.6. The Morgan fingerprint density at radius 2 is 2.04 bits per heavy atom. The number of amides is 1. The molecular weight excluding hydrogens is 374 g/mol. The lowest BCUT2D eigenvalue weighted by Crippen LogP contribution is -2.14. The Morgan fingerprint density at radius 1 is 1.29 bits per heavy atom. The fourth-order valence-corrected chi connectivity index (χ4v) is 4.21. The second-order valence-corrected chi connectivity index (χ2v) is 8.22. The zero-order valence-corrected chi connectivity index (χ0v) is 16.4. The van der Waals surface area contributed by atoms with Crippen molar-refractivity contribution in [2.75, 3.05) is 10.6 Å². The first-order chi connectivity index (χ1) is 13.5. The first-order valence-electron chi connectivity index (χ1n) is 9.13. The fourth-order valence-electron chi connectivity index (χ4n) is 3.29. The maximum absolute atomic E-state index is 12.1. The molecule has 1 heterocycles. The molecule has 1 amide bonds. The number of hydrogen-bond donors (Lipinski definition) is 3. The first-order valence-corrected chi connectivity index (χ1v) is 9.95. The lowest BCUT2D eigenvalue weighted by molar-refractivity contribution is -0.119. The number of rotatable bonds is 6. The van der Waals surface area contributed by atoms with Crippen LogP contribution in [0.2, 0.25) is 0 Å². The summed E-state index contributed by atoms with van der Waals surface area (Å²) in [5.74, 6) is -0.552. The summed E-state index contributed by atoms with van der Waals surface area (Å²) in [5.41, 5.74) is 4.53. The highest BCUT2D eigenvalue weighted by Gasteiger charge is 2.43. The summed E-state index contributed by atoms with van der Waals surface area (Å²) >= 11 is 1.35. The van der Waals surface area contributed by atoms with Crippen LogP contribution in [0.4, 0.5) is 10.8 Å². The van der Waals surface area contributed by atoms with E-state index in [4.69, 9.17) is 0 Å². The zero-order chi connectivity index (χ0) is 19.8. The van der Waals surface area contributed by atoms with Gasteiger partial charge in [-0.2, -0.15) is 0 Å². The number of aliphatic hydroxyl groups is 1. The van der Waals surface area contributed by atoms with Crippen LogP contribution in [0.1, 0.15) is 29.3 Å². The molecule has 3 aromatic rings. The Balaban J connectivity index is 1.51. The molecule has 6 nitrogen and oxygen atoms in total. The average molecular weight is 395 g/mol. The van der Waals surface area contributed by atoms with Gasteiger partial charge in [0.05, 0.1) is 10.2 Å². The van der Waals surface area contributed by atoms with E-state index in [1.807, 2.05) is 50.2 Å². The molecule has 3 N–H and O–H groups in total. The van der Waals surface area contributed by atoms with E-state index >= 15 is 0 Å². The van der Waals surface area contributed by atoms with Crippen LogP contribution < -0.4 is 10.6 Å². The number of anilines is 2. The number of benzene rings is 2. The van der Waals surface area contributed by atoms with E-state index in [2.05, 4.69) is 15.6 Å². The van der Waals surface area contributed by atoms with E-state index in [1.54, 1.807) is 0 Å². The van der Waals surface area contributed by atoms with Crippen molar-refractivity contribution in [3.8, 4) is 0 Å². The summed E-state index contributed by atoms with van der Waals surface area (Å²) in [7, 11) is 0. The number of aromatic nitrogens is 1. The number of aldehydes is 1. The van der Waals surface area contributed by atoms with Crippen molar-refractivity contribution in [1.82, 2.24) is 4.98 Å². The van der Waals surface area contributed by atoms with Gasteiger partial charge in [-0.3, -0.25) is 4.79 Å². The molecular formula is C21H21N3O3S. The number of aliphatic hydroxyl groups excluding tert-OH is 1. The molecule has 1 aliphatic carbocycles. The minimum Gasteiger partial charge on any atom is -0.369 e. The van der Waals surface area contributed by atoms with Gasteiger partial charge < -0.3 is 20.5 Å². The average Bonchev–Trinajstić information content (AvgIpc) is 3.36. The molecule has 3 unspecified atom stereocenters. The predicted molar refractivity (Wildman–Crippen MR) is 110 cm³/mol. The molecule has 3 atom stereocenters. The normalized spacial score (nSPS) is 19.2. The van der Waals surface area contributed by atoms with Crippen LogP contribution in [-0.2, 0) is 9.59 Å². The van der Waals surface area contributed by atoms with Gasteiger partial charge in [0.2, 0.25) is 5.91 Å². The van der Waals surface area contributed by atoms with Crippen LogP contribution in [0.3, 0.4) is 0 Å².